The minimum absolute atomic E-state index is 0.192. The van der Waals surface area contributed by atoms with Crippen LogP contribution in [0.2, 0.25) is 0 Å². The summed E-state index contributed by atoms with van der Waals surface area (Å²) in [5.41, 5.74) is -0.723. The Balaban J connectivity index is 4.56. The van der Waals surface area contributed by atoms with Crippen molar-refractivity contribution >= 4 is 12.0 Å². The first-order chi connectivity index (χ1) is 7.76. The highest BCUT2D eigenvalue weighted by Gasteiger charge is 2.29. The molecule has 0 saturated carbocycles. The summed E-state index contributed by atoms with van der Waals surface area (Å²) in [6.07, 6.45) is 1.05. The van der Waals surface area contributed by atoms with Crippen LogP contribution in [0.3, 0.4) is 0 Å². The predicted octanol–water partition coefficient (Wildman–Crippen LogP) is 0.652. The van der Waals surface area contributed by atoms with Gasteiger partial charge in [0.15, 0.2) is 0 Å². The second-order valence-corrected chi connectivity index (χ2v) is 4.66. The number of aliphatic carboxylic acids is 1. The zero-order chi connectivity index (χ0) is 13.6. The van der Waals surface area contributed by atoms with E-state index < -0.39 is 23.6 Å². The first kappa shape index (κ1) is 15.7. The number of hydrogen-bond acceptors (Lipinski definition) is 3. The quantitative estimate of drug-likeness (QED) is 0.642. The van der Waals surface area contributed by atoms with Crippen molar-refractivity contribution in [3.63, 3.8) is 0 Å². The molecule has 0 aromatic carbocycles. The van der Waals surface area contributed by atoms with Crippen LogP contribution in [0.1, 0.15) is 33.6 Å². The first-order valence-corrected chi connectivity index (χ1v) is 5.64. The fourth-order valence-electron chi connectivity index (χ4n) is 1.17. The number of carboxylic acids is 1. The molecular formula is C11H22N2O4. The Morgan fingerprint density at radius 2 is 1.94 bits per heavy atom. The van der Waals surface area contributed by atoms with Crippen molar-refractivity contribution in [2.75, 3.05) is 13.7 Å². The van der Waals surface area contributed by atoms with Gasteiger partial charge >= 0.3 is 12.0 Å². The van der Waals surface area contributed by atoms with Gasteiger partial charge in [0.1, 0.15) is 6.04 Å². The summed E-state index contributed by atoms with van der Waals surface area (Å²) in [4.78, 5) is 24.0. The molecule has 0 aliphatic heterocycles. The largest absolute Gasteiger partial charge is 0.480 e. The molecule has 6 heteroatoms. The second-order valence-electron chi connectivity index (χ2n) is 4.66. The number of aliphatic hydroxyl groups excluding tert-OH is 1. The van der Waals surface area contributed by atoms with E-state index in [1.165, 1.54) is 11.9 Å². The Kier molecular flexibility index (Phi) is 5.95. The second kappa shape index (κ2) is 6.44. The van der Waals surface area contributed by atoms with E-state index in [2.05, 4.69) is 5.32 Å². The van der Waals surface area contributed by atoms with Crippen LogP contribution in [-0.2, 0) is 4.79 Å². The van der Waals surface area contributed by atoms with E-state index in [-0.39, 0.29) is 6.61 Å². The van der Waals surface area contributed by atoms with E-state index >= 15 is 0 Å². The molecule has 0 aliphatic rings. The minimum Gasteiger partial charge on any atom is -0.480 e. The lowest BCUT2D eigenvalue weighted by Gasteiger charge is -2.34. The summed E-state index contributed by atoms with van der Waals surface area (Å²) in [5, 5.41) is 20.5. The van der Waals surface area contributed by atoms with Crippen LogP contribution < -0.4 is 5.32 Å². The van der Waals surface area contributed by atoms with Gasteiger partial charge in [-0.2, -0.15) is 0 Å². The molecule has 0 fully saturated rings. The van der Waals surface area contributed by atoms with Gasteiger partial charge in [0.25, 0.3) is 0 Å². The van der Waals surface area contributed by atoms with Crippen LogP contribution in [-0.4, -0.2) is 52.3 Å². The van der Waals surface area contributed by atoms with Gasteiger partial charge in [0, 0.05) is 7.05 Å². The molecule has 0 aromatic rings. The third-order valence-corrected chi connectivity index (χ3v) is 2.77. The van der Waals surface area contributed by atoms with Crippen molar-refractivity contribution in [2.24, 2.45) is 0 Å². The molecule has 17 heavy (non-hydrogen) atoms. The zero-order valence-electron chi connectivity index (χ0n) is 10.9. The van der Waals surface area contributed by atoms with Crippen molar-refractivity contribution in [1.29, 1.82) is 0 Å². The Morgan fingerprint density at radius 3 is 2.29 bits per heavy atom. The number of amides is 2. The monoisotopic (exact) mass is 246 g/mol. The smallest absolute Gasteiger partial charge is 0.326 e. The summed E-state index contributed by atoms with van der Waals surface area (Å²) in [5.74, 6) is -1.05. The average molecular weight is 246 g/mol. The SMILES string of the molecule is CCCC(NC(=O)N(C)C(C)(C)CO)C(=O)O. The molecule has 0 spiro atoms. The van der Waals surface area contributed by atoms with Gasteiger partial charge in [-0.1, -0.05) is 13.3 Å². The molecule has 3 N–H and O–H groups in total. The fourth-order valence-corrected chi connectivity index (χ4v) is 1.17. The van der Waals surface area contributed by atoms with Crippen LogP contribution >= 0.6 is 0 Å². The maximum atomic E-state index is 11.8. The molecule has 0 aliphatic carbocycles. The third kappa shape index (κ3) is 4.60. The van der Waals surface area contributed by atoms with Crippen molar-refractivity contribution < 1.29 is 19.8 Å². The van der Waals surface area contributed by atoms with Gasteiger partial charge < -0.3 is 20.4 Å². The van der Waals surface area contributed by atoms with E-state index in [4.69, 9.17) is 10.2 Å². The highest BCUT2D eigenvalue weighted by atomic mass is 16.4. The standard InChI is InChI=1S/C11H22N2O4/c1-5-6-8(9(15)16)12-10(17)13(4)11(2,3)7-14/h8,14H,5-7H2,1-4H3,(H,12,17)(H,15,16). The van der Waals surface area contributed by atoms with Gasteiger partial charge in [-0.15, -0.1) is 0 Å². The highest BCUT2D eigenvalue weighted by Crippen LogP contribution is 2.11. The van der Waals surface area contributed by atoms with E-state index in [0.717, 1.165) is 0 Å². The lowest BCUT2D eigenvalue weighted by atomic mass is 10.1. The minimum atomic E-state index is -1.05. The maximum absolute atomic E-state index is 11.8. The average Bonchev–Trinajstić information content (AvgIpc) is 2.27. The topological polar surface area (TPSA) is 89.9 Å². The van der Waals surface area contributed by atoms with E-state index in [1.807, 2.05) is 6.92 Å². The summed E-state index contributed by atoms with van der Waals surface area (Å²) < 4.78 is 0. The molecule has 0 bridgehead atoms. The Hall–Kier alpha value is -1.30. The molecule has 1 atom stereocenters. The summed E-state index contributed by atoms with van der Waals surface area (Å²) in [6, 6.07) is -1.38. The van der Waals surface area contributed by atoms with Crippen LogP contribution in [0, 0.1) is 0 Å². The Morgan fingerprint density at radius 1 is 1.41 bits per heavy atom. The number of rotatable bonds is 6. The van der Waals surface area contributed by atoms with Crippen LogP contribution in [0.15, 0.2) is 0 Å². The molecule has 1 unspecified atom stereocenters. The van der Waals surface area contributed by atoms with Crippen LogP contribution in [0.25, 0.3) is 0 Å². The highest BCUT2D eigenvalue weighted by molar-refractivity contribution is 5.82. The zero-order valence-corrected chi connectivity index (χ0v) is 10.9. The molecule has 0 rings (SSSR count). The van der Waals surface area contributed by atoms with E-state index in [1.54, 1.807) is 13.8 Å². The number of urea groups is 1. The van der Waals surface area contributed by atoms with Gasteiger partial charge in [-0.05, 0) is 20.3 Å². The number of nitrogens with zero attached hydrogens (tertiary/aromatic N) is 1. The van der Waals surface area contributed by atoms with Crippen molar-refractivity contribution in [2.45, 2.75) is 45.2 Å². The van der Waals surface area contributed by atoms with Crippen molar-refractivity contribution in [3.05, 3.63) is 0 Å². The molecule has 0 aromatic heterocycles. The Bertz CT molecular complexity index is 279. The first-order valence-electron chi connectivity index (χ1n) is 5.64. The number of carbonyl (C=O) groups is 2. The lowest BCUT2D eigenvalue weighted by Crippen LogP contribution is -2.54. The van der Waals surface area contributed by atoms with E-state index in [0.29, 0.717) is 12.8 Å². The maximum Gasteiger partial charge on any atom is 0.326 e. The van der Waals surface area contributed by atoms with Gasteiger partial charge in [0.05, 0.1) is 12.1 Å². The number of aliphatic hydroxyl groups is 1. The summed E-state index contributed by atoms with van der Waals surface area (Å²) in [6.45, 7) is 5.05. The van der Waals surface area contributed by atoms with Crippen molar-refractivity contribution in [1.82, 2.24) is 10.2 Å². The molecule has 0 heterocycles. The lowest BCUT2D eigenvalue weighted by molar-refractivity contribution is -0.139. The molecule has 100 valence electrons. The van der Waals surface area contributed by atoms with Crippen LogP contribution in [0.5, 0.6) is 0 Å². The number of likely N-dealkylation sites (N-methyl/N-ethyl adjacent to an activating group) is 1. The molecule has 6 nitrogen and oxygen atoms in total. The normalized spacial score (nSPS) is 13.0. The Labute approximate surface area is 102 Å². The molecule has 0 radical (unpaired) electrons. The predicted molar refractivity (Wildman–Crippen MR) is 63.8 cm³/mol. The third-order valence-electron chi connectivity index (χ3n) is 2.77. The van der Waals surface area contributed by atoms with Gasteiger partial charge in [-0.25, -0.2) is 9.59 Å². The molecule has 2 amide bonds. The van der Waals surface area contributed by atoms with Gasteiger partial charge in [0.2, 0.25) is 0 Å². The number of carboxylic acid groups (broad SMARTS) is 1. The number of carbonyl (C=O) groups excluding carboxylic acids is 1. The molecular weight excluding hydrogens is 224 g/mol. The van der Waals surface area contributed by atoms with Crippen LogP contribution in [0.4, 0.5) is 4.79 Å². The fraction of sp³-hybridized carbons (Fsp3) is 0.818. The summed E-state index contributed by atoms with van der Waals surface area (Å²) in [7, 11) is 1.52. The summed E-state index contributed by atoms with van der Waals surface area (Å²) >= 11 is 0. The van der Waals surface area contributed by atoms with E-state index in [9.17, 15) is 9.59 Å². The number of hydrogen-bond donors (Lipinski definition) is 3. The molecule has 0 saturated heterocycles. The van der Waals surface area contributed by atoms with Gasteiger partial charge in [-0.3, -0.25) is 0 Å². The van der Waals surface area contributed by atoms with Crippen molar-refractivity contribution in [3.8, 4) is 0 Å². The number of nitrogens with one attached hydrogen (secondary N) is 1.